The number of aromatic nitrogens is 1. The van der Waals surface area contributed by atoms with Crippen molar-refractivity contribution in [3.8, 4) is 0 Å². The minimum atomic E-state index is 0.134. The number of hydrogen-bond donors (Lipinski definition) is 1. The molecule has 0 aliphatic heterocycles. The van der Waals surface area contributed by atoms with Gasteiger partial charge in [-0.25, -0.2) is 0 Å². The summed E-state index contributed by atoms with van der Waals surface area (Å²) in [6.07, 6.45) is 2.79. The predicted molar refractivity (Wildman–Crippen MR) is 80.0 cm³/mol. The lowest BCUT2D eigenvalue weighted by molar-refractivity contribution is 0.698. The van der Waals surface area contributed by atoms with Crippen LogP contribution in [0.4, 0.5) is 5.69 Å². The topological polar surface area (TPSA) is 42.1 Å². The number of pyridine rings is 1. The standard InChI is InChI=1S/C16H21N3/c1-3-16(17)13-7-9-15(10-8-13)19(2)12-14-6-4-5-11-18-14/h4-11,16H,3,12,17H2,1-2H3. The van der Waals surface area contributed by atoms with Gasteiger partial charge in [-0.2, -0.15) is 0 Å². The Labute approximate surface area is 115 Å². The molecule has 0 saturated heterocycles. The Morgan fingerprint density at radius 2 is 1.89 bits per heavy atom. The lowest BCUT2D eigenvalue weighted by Crippen LogP contribution is -2.17. The quantitative estimate of drug-likeness (QED) is 0.892. The summed E-state index contributed by atoms with van der Waals surface area (Å²) in [5, 5.41) is 0. The molecule has 0 radical (unpaired) electrons. The van der Waals surface area contributed by atoms with E-state index in [1.165, 1.54) is 11.3 Å². The molecule has 2 N–H and O–H groups in total. The average Bonchev–Trinajstić information content (AvgIpc) is 2.47. The minimum absolute atomic E-state index is 0.134. The summed E-state index contributed by atoms with van der Waals surface area (Å²) in [4.78, 5) is 6.53. The first kappa shape index (κ1) is 13.6. The van der Waals surface area contributed by atoms with Gasteiger partial charge in [0.2, 0.25) is 0 Å². The SMILES string of the molecule is CCC(N)c1ccc(N(C)Cc2ccccn2)cc1. The molecule has 1 aromatic carbocycles. The van der Waals surface area contributed by atoms with Crippen molar-refractivity contribution in [2.75, 3.05) is 11.9 Å². The molecule has 3 nitrogen and oxygen atoms in total. The number of anilines is 1. The average molecular weight is 255 g/mol. The van der Waals surface area contributed by atoms with Crippen molar-refractivity contribution in [1.29, 1.82) is 0 Å². The molecule has 0 bridgehead atoms. The molecule has 3 heteroatoms. The third kappa shape index (κ3) is 3.55. The third-order valence-electron chi connectivity index (χ3n) is 3.33. The maximum atomic E-state index is 6.02. The Bertz CT molecular complexity index is 493. The van der Waals surface area contributed by atoms with Crippen LogP contribution in [0.5, 0.6) is 0 Å². The van der Waals surface area contributed by atoms with Crippen LogP contribution in [-0.4, -0.2) is 12.0 Å². The molecule has 0 fully saturated rings. The highest BCUT2D eigenvalue weighted by Gasteiger charge is 2.05. The Morgan fingerprint density at radius 1 is 1.16 bits per heavy atom. The van der Waals surface area contributed by atoms with Gasteiger partial charge in [0, 0.05) is 25.0 Å². The molecule has 2 aromatic rings. The van der Waals surface area contributed by atoms with Crippen LogP contribution in [0.3, 0.4) is 0 Å². The Morgan fingerprint density at radius 3 is 2.47 bits per heavy atom. The van der Waals surface area contributed by atoms with Crippen LogP contribution in [0.1, 0.15) is 30.6 Å². The van der Waals surface area contributed by atoms with Crippen LogP contribution < -0.4 is 10.6 Å². The van der Waals surface area contributed by atoms with Gasteiger partial charge in [-0.15, -0.1) is 0 Å². The van der Waals surface area contributed by atoms with Crippen molar-refractivity contribution in [3.63, 3.8) is 0 Å². The zero-order valence-corrected chi connectivity index (χ0v) is 11.6. The number of rotatable bonds is 5. The van der Waals surface area contributed by atoms with Crippen LogP contribution in [0.2, 0.25) is 0 Å². The second-order valence-corrected chi connectivity index (χ2v) is 4.78. The van der Waals surface area contributed by atoms with E-state index in [0.29, 0.717) is 0 Å². The van der Waals surface area contributed by atoms with Crippen LogP contribution in [0, 0.1) is 0 Å². The lowest BCUT2D eigenvalue weighted by Gasteiger charge is -2.20. The van der Waals surface area contributed by atoms with E-state index >= 15 is 0 Å². The molecule has 0 aliphatic rings. The summed E-state index contributed by atoms with van der Waals surface area (Å²) >= 11 is 0. The van der Waals surface area contributed by atoms with Gasteiger partial charge in [0.25, 0.3) is 0 Å². The monoisotopic (exact) mass is 255 g/mol. The maximum Gasteiger partial charge on any atom is 0.0598 e. The zero-order chi connectivity index (χ0) is 13.7. The van der Waals surface area contributed by atoms with Crippen molar-refractivity contribution >= 4 is 5.69 Å². The van der Waals surface area contributed by atoms with E-state index in [2.05, 4.69) is 48.1 Å². The van der Waals surface area contributed by atoms with Gasteiger partial charge in [0.1, 0.15) is 0 Å². The van der Waals surface area contributed by atoms with Gasteiger partial charge in [0.15, 0.2) is 0 Å². The number of nitrogens with two attached hydrogens (primary N) is 1. The fourth-order valence-electron chi connectivity index (χ4n) is 2.04. The Balaban J connectivity index is 2.05. The third-order valence-corrected chi connectivity index (χ3v) is 3.33. The predicted octanol–water partition coefficient (Wildman–Crippen LogP) is 3.13. The van der Waals surface area contributed by atoms with Gasteiger partial charge in [-0.05, 0) is 36.2 Å². The fourth-order valence-corrected chi connectivity index (χ4v) is 2.04. The van der Waals surface area contributed by atoms with Gasteiger partial charge < -0.3 is 10.6 Å². The highest BCUT2D eigenvalue weighted by Crippen LogP contribution is 2.19. The first-order valence-electron chi connectivity index (χ1n) is 6.67. The van der Waals surface area contributed by atoms with Crippen LogP contribution in [0.15, 0.2) is 48.7 Å². The van der Waals surface area contributed by atoms with Crippen LogP contribution >= 0.6 is 0 Å². The largest absolute Gasteiger partial charge is 0.369 e. The van der Waals surface area contributed by atoms with E-state index in [4.69, 9.17) is 5.73 Å². The molecule has 0 amide bonds. The van der Waals surface area contributed by atoms with E-state index in [9.17, 15) is 0 Å². The molecule has 100 valence electrons. The molecule has 2 rings (SSSR count). The highest BCUT2D eigenvalue weighted by atomic mass is 15.1. The molecule has 1 aromatic heterocycles. The van der Waals surface area contributed by atoms with E-state index < -0.39 is 0 Å². The van der Waals surface area contributed by atoms with Crippen molar-refractivity contribution in [2.24, 2.45) is 5.73 Å². The van der Waals surface area contributed by atoms with Crippen molar-refractivity contribution in [2.45, 2.75) is 25.9 Å². The summed E-state index contributed by atoms with van der Waals surface area (Å²) in [5.74, 6) is 0. The van der Waals surface area contributed by atoms with Gasteiger partial charge in [-0.1, -0.05) is 25.1 Å². The summed E-state index contributed by atoms with van der Waals surface area (Å²) in [6, 6.07) is 14.6. The Hall–Kier alpha value is -1.87. The first-order chi connectivity index (χ1) is 9.20. The molecule has 1 unspecified atom stereocenters. The highest BCUT2D eigenvalue weighted by molar-refractivity contribution is 5.47. The van der Waals surface area contributed by atoms with Crippen molar-refractivity contribution in [1.82, 2.24) is 4.98 Å². The van der Waals surface area contributed by atoms with E-state index in [0.717, 1.165) is 18.7 Å². The van der Waals surface area contributed by atoms with Gasteiger partial charge in [0.05, 0.1) is 12.2 Å². The zero-order valence-electron chi connectivity index (χ0n) is 11.6. The summed E-state index contributed by atoms with van der Waals surface area (Å²) in [7, 11) is 2.07. The molecule has 1 heterocycles. The number of nitrogens with zero attached hydrogens (tertiary/aromatic N) is 2. The number of benzene rings is 1. The lowest BCUT2D eigenvalue weighted by atomic mass is 10.1. The second kappa shape index (κ2) is 6.34. The smallest absolute Gasteiger partial charge is 0.0598 e. The summed E-state index contributed by atoms with van der Waals surface area (Å²) < 4.78 is 0. The van der Waals surface area contributed by atoms with Crippen molar-refractivity contribution < 1.29 is 0 Å². The molecule has 1 atom stereocenters. The van der Waals surface area contributed by atoms with E-state index in [1.807, 2.05) is 24.4 Å². The van der Waals surface area contributed by atoms with E-state index in [1.54, 1.807) is 0 Å². The molecule has 0 spiro atoms. The van der Waals surface area contributed by atoms with Crippen molar-refractivity contribution in [3.05, 3.63) is 59.9 Å². The molecular weight excluding hydrogens is 234 g/mol. The summed E-state index contributed by atoms with van der Waals surface area (Å²) in [6.45, 7) is 2.91. The second-order valence-electron chi connectivity index (χ2n) is 4.78. The Kier molecular flexibility index (Phi) is 4.53. The molecule has 0 aliphatic carbocycles. The van der Waals surface area contributed by atoms with Gasteiger partial charge >= 0.3 is 0 Å². The first-order valence-corrected chi connectivity index (χ1v) is 6.67. The van der Waals surface area contributed by atoms with Crippen LogP contribution in [0.25, 0.3) is 0 Å². The maximum absolute atomic E-state index is 6.02. The van der Waals surface area contributed by atoms with E-state index in [-0.39, 0.29) is 6.04 Å². The molecular formula is C16H21N3. The summed E-state index contributed by atoms with van der Waals surface area (Å²) in [5.41, 5.74) is 9.46. The molecule has 19 heavy (non-hydrogen) atoms. The normalized spacial score (nSPS) is 12.2. The fraction of sp³-hybridized carbons (Fsp3) is 0.312. The number of hydrogen-bond acceptors (Lipinski definition) is 3. The van der Waals surface area contributed by atoms with Crippen LogP contribution in [-0.2, 0) is 6.54 Å². The van der Waals surface area contributed by atoms with Gasteiger partial charge in [-0.3, -0.25) is 4.98 Å². The molecule has 0 saturated carbocycles. The minimum Gasteiger partial charge on any atom is -0.369 e.